The van der Waals surface area contributed by atoms with E-state index >= 15 is 0 Å². The third kappa shape index (κ3) is 1.52. The van der Waals surface area contributed by atoms with Crippen LogP contribution in [-0.4, -0.2) is 12.2 Å². The quantitative estimate of drug-likeness (QED) is 0.831. The number of hydrogen-bond donors (Lipinski definition) is 1. The van der Waals surface area contributed by atoms with Gasteiger partial charge in [0.25, 0.3) is 0 Å². The molecule has 4 heteroatoms. The number of phenolic OH excluding ortho intramolecular Hbond substituents is 1. The van der Waals surface area contributed by atoms with Crippen molar-refractivity contribution in [2.24, 2.45) is 0 Å². The summed E-state index contributed by atoms with van der Waals surface area (Å²) in [6.07, 6.45) is 0. The van der Waals surface area contributed by atoms with E-state index in [0.717, 1.165) is 5.56 Å². The minimum Gasteiger partial charge on any atom is -0.505 e. The Labute approximate surface area is 84.2 Å². The number of halogens is 2. The Morgan fingerprint density at radius 2 is 2.17 bits per heavy atom. The van der Waals surface area contributed by atoms with Crippen LogP contribution in [0, 0.1) is 6.92 Å². The molecule has 0 heterocycles. The molecule has 0 saturated carbocycles. The molecule has 12 heavy (non-hydrogen) atoms. The fourth-order valence-electron chi connectivity index (χ4n) is 0.960. The van der Waals surface area contributed by atoms with Crippen LogP contribution in [0.1, 0.15) is 5.56 Å². The maximum Gasteiger partial charge on any atom is 0.152 e. The van der Waals surface area contributed by atoms with E-state index in [1.54, 1.807) is 6.07 Å². The number of hydrogen-bond acceptors (Lipinski definition) is 2. The third-order valence-electron chi connectivity index (χ3n) is 1.54. The molecule has 0 aliphatic heterocycles. The van der Waals surface area contributed by atoms with Gasteiger partial charge in [-0.1, -0.05) is 11.6 Å². The molecule has 0 amide bonds. The first-order valence-corrected chi connectivity index (χ1v) is 4.46. The van der Waals surface area contributed by atoms with Gasteiger partial charge in [-0.25, -0.2) is 0 Å². The molecule has 1 N–H and O–H groups in total. The number of phenols is 1. The molecule has 0 fully saturated rings. The summed E-state index contributed by atoms with van der Waals surface area (Å²) in [4.78, 5) is 0. The van der Waals surface area contributed by atoms with Gasteiger partial charge in [0.2, 0.25) is 0 Å². The molecular weight excluding hydrogens is 243 g/mol. The predicted molar refractivity (Wildman–Crippen MR) is 52.1 cm³/mol. The van der Waals surface area contributed by atoms with E-state index in [4.69, 9.17) is 16.3 Å². The van der Waals surface area contributed by atoms with Crippen molar-refractivity contribution in [3.63, 3.8) is 0 Å². The molecule has 0 atom stereocenters. The van der Waals surface area contributed by atoms with Gasteiger partial charge >= 0.3 is 0 Å². The zero-order valence-corrected chi connectivity index (χ0v) is 9.03. The van der Waals surface area contributed by atoms with Crippen molar-refractivity contribution < 1.29 is 9.84 Å². The summed E-state index contributed by atoms with van der Waals surface area (Å²) in [7, 11) is 1.52. The lowest BCUT2D eigenvalue weighted by Crippen LogP contribution is -1.88. The number of aryl methyl sites for hydroxylation is 1. The third-order valence-corrected chi connectivity index (χ3v) is 2.49. The van der Waals surface area contributed by atoms with Crippen molar-refractivity contribution in [3.8, 4) is 11.5 Å². The smallest absolute Gasteiger partial charge is 0.152 e. The fourth-order valence-corrected chi connectivity index (χ4v) is 1.94. The van der Waals surface area contributed by atoms with E-state index in [9.17, 15) is 5.11 Å². The Balaban J connectivity index is 3.40. The average Bonchev–Trinajstić information content (AvgIpc) is 2.01. The predicted octanol–water partition coefficient (Wildman–Crippen LogP) is 3.13. The molecule has 0 saturated heterocycles. The number of ether oxygens (including phenoxy) is 1. The largest absolute Gasteiger partial charge is 0.505 e. The van der Waals surface area contributed by atoms with Gasteiger partial charge in [0.15, 0.2) is 5.75 Å². The zero-order valence-electron chi connectivity index (χ0n) is 6.69. The Morgan fingerprint density at radius 3 is 2.67 bits per heavy atom. The molecule has 2 nitrogen and oxygen atoms in total. The second-order valence-corrected chi connectivity index (χ2v) is 3.60. The van der Waals surface area contributed by atoms with E-state index < -0.39 is 0 Å². The fraction of sp³-hybridized carbons (Fsp3) is 0.250. The molecule has 0 aliphatic rings. The summed E-state index contributed by atoms with van der Waals surface area (Å²) in [6.45, 7) is 1.86. The lowest BCUT2D eigenvalue weighted by Gasteiger charge is -2.09. The normalized spacial score (nSPS) is 10.0. The first kappa shape index (κ1) is 9.68. The minimum atomic E-state index is 0.0131. The highest BCUT2D eigenvalue weighted by atomic mass is 79.9. The van der Waals surface area contributed by atoms with Crippen LogP contribution >= 0.6 is 27.5 Å². The van der Waals surface area contributed by atoms with E-state index in [-0.39, 0.29) is 10.8 Å². The maximum absolute atomic E-state index is 9.38. The Bertz CT molecular complexity index is 312. The van der Waals surface area contributed by atoms with Gasteiger partial charge in [0.1, 0.15) is 10.8 Å². The molecule has 66 valence electrons. The molecule has 0 unspecified atom stereocenters. The highest BCUT2D eigenvalue weighted by molar-refractivity contribution is 9.10. The molecule has 0 aromatic heterocycles. The van der Waals surface area contributed by atoms with E-state index in [2.05, 4.69) is 15.9 Å². The van der Waals surface area contributed by atoms with E-state index in [1.165, 1.54) is 7.11 Å². The van der Waals surface area contributed by atoms with Crippen LogP contribution in [0.5, 0.6) is 11.5 Å². The van der Waals surface area contributed by atoms with Crippen LogP contribution in [0.2, 0.25) is 5.02 Å². The molecule has 0 bridgehead atoms. The summed E-state index contributed by atoms with van der Waals surface area (Å²) >= 11 is 8.97. The summed E-state index contributed by atoms with van der Waals surface area (Å²) in [5.41, 5.74) is 0.882. The van der Waals surface area contributed by atoms with Gasteiger partial charge in [0.05, 0.1) is 11.6 Å². The number of benzene rings is 1. The van der Waals surface area contributed by atoms with E-state index in [1.807, 2.05) is 6.92 Å². The molecule has 1 rings (SSSR count). The van der Waals surface area contributed by atoms with Crippen LogP contribution in [0.4, 0.5) is 0 Å². The van der Waals surface area contributed by atoms with E-state index in [0.29, 0.717) is 10.2 Å². The Kier molecular flexibility index (Phi) is 2.85. The van der Waals surface area contributed by atoms with Crippen molar-refractivity contribution in [2.75, 3.05) is 7.11 Å². The summed E-state index contributed by atoms with van der Waals surface area (Å²) in [6, 6.07) is 1.75. The van der Waals surface area contributed by atoms with Gasteiger partial charge in [-0.05, 0) is 34.5 Å². The SMILES string of the molecule is COc1c(C)cc(Br)c(O)c1Cl. The van der Waals surface area contributed by atoms with Crippen molar-refractivity contribution in [2.45, 2.75) is 6.92 Å². The highest BCUT2D eigenvalue weighted by Gasteiger charge is 2.12. The molecule has 1 aromatic carbocycles. The lowest BCUT2D eigenvalue weighted by molar-refractivity contribution is 0.404. The average molecular weight is 252 g/mol. The summed E-state index contributed by atoms with van der Waals surface area (Å²) in [5.74, 6) is 0.525. The second-order valence-electron chi connectivity index (χ2n) is 2.37. The van der Waals surface area contributed by atoms with Crippen molar-refractivity contribution in [1.29, 1.82) is 0 Å². The second kappa shape index (κ2) is 3.54. The van der Waals surface area contributed by atoms with Gasteiger partial charge in [-0.3, -0.25) is 0 Å². The summed E-state index contributed by atoms with van der Waals surface area (Å²) in [5, 5.41) is 9.62. The van der Waals surface area contributed by atoms with Crippen LogP contribution in [0.25, 0.3) is 0 Å². The monoisotopic (exact) mass is 250 g/mol. The van der Waals surface area contributed by atoms with Crippen molar-refractivity contribution in [3.05, 3.63) is 21.1 Å². The Hall–Kier alpha value is -0.410. The van der Waals surface area contributed by atoms with Gasteiger partial charge in [-0.15, -0.1) is 0 Å². The number of methoxy groups -OCH3 is 1. The number of aromatic hydroxyl groups is 1. The minimum absolute atomic E-state index is 0.0131. The summed E-state index contributed by atoms with van der Waals surface area (Å²) < 4.78 is 5.57. The molecule has 0 spiro atoms. The van der Waals surface area contributed by atoms with Crippen LogP contribution in [-0.2, 0) is 0 Å². The zero-order chi connectivity index (χ0) is 9.30. The van der Waals surface area contributed by atoms with Crippen LogP contribution in [0.15, 0.2) is 10.5 Å². The van der Waals surface area contributed by atoms with Crippen molar-refractivity contribution >= 4 is 27.5 Å². The Morgan fingerprint density at radius 1 is 1.58 bits per heavy atom. The molecular formula is C8H8BrClO2. The van der Waals surface area contributed by atoms with Gasteiger partial charge < -0.3 is 9.84 Å². The lowest BCUT2D eigenvalue weighted by atomic mass is 10.2. The van der Waals surface area contributed by atoms with Gasteiger partial charge in [-0.2, -0.15) is 0 Å². The molecule has 0 radical (unpaired) electrons. The highest BCUT2D eigenvalue weighted by Crippen LogP contribution is 2.41. The van der Waals surface area contributed by atoms with Crippen molar-refractivity contribution in [1.82, 2.24) is 0 Å². The molecule has 1 aromatic rings. The number of rotatable bonds is 1. The first-order chi connectivity index (χ1) is 5.57. The van der Waals surface area contributed by atoms with Gasteiger partial charge in [0, 0.05) is 0 Å². The first-order valence-electron chi connectivity index (χ1n) is 3.29. The standard InChI is InChI=1S/C8H8BrClO2/c1-4-3-5(9)7(11)6(10)8(4)12-2/h3,11H,1-2H3. The van der Waals surface area contributed by atoms with Crippen LogP contribution < -0.4 is 4.74 Å². The molecule has 0 aliphatic carbocycles. The van der Waals surface area contributed by atoms with Crippen LogP contribution in [0.3, 0.4) is 0 Å². The maximum atomic E-state index is 9.38. The topological polar surface area (TPSA) is 29.5 Å².